The van der Waals surface area contributed by atoms with Crippen molar-refractivity contribution < 1.29 is 14.3 Å². The SMILES string of the molecule is COC(=O)C(Cc1ccccc1)NC(=O)C(C)n1nnc2ccccc2c1=O. The molecule has 28 heavy (non-hydrogen) atoms. The molecule has 0 saturated heterocycles. The maximum atomic E-state index is 12.7. The van der Waals surface area contributed by atoms with Gasteiger partial charge in [-0.3, -0.25) is 9.59 Å². The van der Waals surface area contributed by atoms with Gasteiger partial charge in [0.05, 0.1) is 12.5 Å². The first-order valence-corrected chi connectivity index (χ1v) is 8.77. The first-order chi connectivity index (χ1) is 13.5. The highest BCUT2D eigenvalue weighted by Crippen LogP contribution is 2.09. The molecule has 0 saturated carbocycles. The van der Waals surface area contributed by atoms with Crippen LogP contribution in [0.3, 0.4) is 0 Å². The highest BCUT2D eigenvalue weighted by molar-refractivity contribution is 5.86. The lowest BCUT2D eigenvalue weighted by molar-refractivity contribution is -0.145. The number of benzene rings is 2. The number of amides is 1. The molecule has 2 aromatic carbocycles. The average Bonchev–Trinajstić information content (AvgIpc) is 2.73. The number of fused-ring (bicyclic) bond motifs is 1. The van der Waals surface area contributed by atoms with Crippen LogP contribution in [0.25, 0.3) is 10.9 Å². The number of rotatable bonds is 6. The Labute approximate surface area is 161 Å². The quantitative estimate of drug-likeness (QED) is 0.646. The van der Waals surface area contributed by atoms with Crippen LogP contribution in [0.4, 0.5) is 0 Å². The van der Waals surface area contributed by atoms with Gasteiger partial charge in [-0.2, -0.15) is 4.68 Å². The number of nitrogens with one attached hydrogen (secondary N) is 1. The van der Waals surface area contributed by atoms with Gasteiger partial charge in [-0.15, -0.1) is 5.10 Å². The van der Waals surface area contributed by atoms with E-state index in [4.69, 9.17) is 4.74 Å². The average molecular weight is 380 g/mol. The highest BCUT2D eigenvalue weighted by atomic mass is 16.5. The zero-order valence-corrected chi connectivity index (χ0v) is 15.5. The Morgan fingerprint density at radius 2 is 1.79 bits per heavy atom. The molecule has 0 aliphatic carbocycles. The fourth-order valence-electron chi connectivity index (χ4n) is 2.84. The first kappa shape index (κ1) is 19.2. The van der Waals surface area contributed by atoms with Gasteiger partial charge >= 0.3 is 5.97 Å². The topological polar surface area (TPSA) is 103 Å². The standard InChI is InChI=1S/C20H20N4O4/c1-13(24-19(26)15-10-6-7-11-16(15)22-23-24)18(25)21-17(20(27)28-2)12-14-8-4-3-5-9-14/h3-11,13,17H,12H2,1-2H3,(H,21,25). The molecule has 3 rings (SSSR count). The van der Waals surface area contributed by atoms with Crippen molar-refractivity contribution >= 4 is 22.8 Å². The minimum Gasteiger partial charge on any atom is -0.467 e. The predicted molar refractivity (Wildman–Crippen MR) is 103 cm³/mol. The molecule has 144 valence electrons. The summed E-state index contributed by atoms with van der Waals surface area (Å²) in [5.74, 6) is -1.10. The molecule has 1 aromatic heterocycles. The van der Waals surface area contributed by atoms with Crippen molar-refractivity contribution in [2.24, 2.45) is 0 Å². The van der Waals surface area contributed by atoms with Gasteiger partial charge in [-0.05, 0) is 24.6 Å². The largest absolute Gasteiger partial charge is 0.467 e. The number of nitrogens with zero attached hydrogens (tertiary/aromatic N) is 3. The monoisotopic (exact) mass is 380 g/mol. The number of hydrogen-bond donors (Lipinski definition) is 1. The maximum absolute atomic E-state index is 12.7. The van der Waals surface area contributed by atoms with Gasteiger partial charge in [0.1, 0.15) is 17.6 Å². The lowest BCUT2D eigenvalue weighted by Gasteiger charge is -2.19. The van der Waals surface area contributed by atoms with Crippen LogP contribution in [-0.2, 0) is 20.7 Å². The molecule has 1 N–H and O–H groups in total. The van der Waals surface area contributed by atoms with E-state index in [9.17, 15) is 14.4 Å². The molecular formula is C20H20N4O4. The molecule has 2 atom stereocenters. The second-order valence-corrected chi connectivity index (χ2v) is 6.31. The number of methoxy groups -OCH3 is 1. The molecule has 0 fully saturated rings. The Hall–Kier alpha value is -3.55. The third-order valence-electron chi connectivity index (χ3n) is 4.42. The van der Waals surface area contributed by atoms with Crippen LogP contribution in [0.2, 0.25) is 0 Å². The zero-order chi connectivity index (χ0) is 20.1. The molecule has 8 nitrogen and oxygen atoms in total. The van der Waals surface area contributed by atoms with Gasteiger partial charge in [0, 0.05) is 6.42 Å². The summed E-state index contributed by atoms with van der Waals surface area (Å²) >= 11 is 0. The van der Waals surface area contributed by atoms with Crippen LogP contribution in [0.5, 0.6) is 0 Å². The van der Waals surface area contributed by atoms with Gasteiger partial charge in [-0.25, -0.2) is 4.79 Å². The Balaban J connectivity index is 1.82. The second kappa shape index (κ2) is 8.43. The first-order valence-electron chi connectivity index (χ1n) is 8.77. The van der Waals surface area contributed by atoms with Crippen LogP contribution >= 0.6 is 0 Å². The normalized spacial score (nSPS) is 12.9. The fourth-order valence-corrected chi connectivity index (χ4v) is 2.84. The van der Waals surface area contributed by atoms with E-state index in [-0.39, 0.29) is 6.42 Å². The van der Waals surface area contributed by atoms with E-state index >= 15 is 0 Å². The van der Waals surface area contributed by atoms with Crippen molar-refractivity contribution in [2.75, 3.05) is 7.11 Å². The smallest absolute Gasteiger partial charge is 0.328 e. The van der Waals surface area contributed by atoms with Gasteiger partial charge in [0.25, 0.3) is 5.56 Å². The summed E-state index contributed by atoms with van der Waals surface area (Å²) in [5, 5.41) is 10.9. The molecule has 0 aliphatic heterocycles. The Bertz CT molecular complexity index is 1050. The summed E-state index contributed by atoms with van der Waals surface area (Å²) in [7, 11) is 1.26. The Kier molecular flexibility index (Phi) is 5.78. The van der Waals surface area contributed by atoms with Crippen LogP contribution in [0.1, 0.15) is 18.5 Å². The number of hydrogen-bond acceptors (Lipinski definition) is 6. The number of ether oxygens (including phenoxy) is 1. The molecule has 1 heterocycles. The number of carbonyl (C=O) groups is 2. The van der Waals surface area contributed by atoms with E-state index in [2.05, 4.69) is 15.6 Å². The van der Waals surface area contributed by atoms with Crippen molar-refractivity contribution in [3.63, 3.8) is 0 Å². The van der Waals surface area contributed by atoms with Crippen molar-refractivity contribution in [3.05, 3.63) is 70.5 Å². The summed E-state index contributed by atoms with van der Waals surface area (Å²) in [6.07, 6.45) is 0.268. The molecule has 3 aromatic rings. The van der Waals surface area contributed by atoms with Crippen molar-refractivity contribution in [1.82, 2.24) is 20.3 Å². The fraction of sp³-hybridized carbons (Fsp3) is 0.250. The lowest BCUT2D eigenvalue weighted by atomic mass is 10.1. The summed E-state index contributed by atoms with van der Waals surface area (Å²) in [6.45, 7) is 1.52. The molecule has 8 heteroatoms. The third kappa shape index (κ3) is 4.06. The molecule has 2 unspecified atom stereocenters. The molecule has 0 spiro atoms. The predicted octanol–water partition coefficient (Wildman–Crippen LogP) is 1.25. The number of aromatic nitrogens is 3. The van der Waals surface area contributed by atoms with E-state index in [1.54, 1.807) is 24.3 Å². The molecule has 0 aliphatic rings. The number of esters is 1. The van der Waals surface area contributed by atoms with Crippen LogP contribution < -0.4 is 10.9 Å². The van der Waals surface area contributed by atoms with E-state index in [1.165, 1.54) is 14.0 Å². The van der Waals surface area contributed by atoms with Crippen molar-refractivity contribution in [2.45, 2.75) is 25.4 Å². The van der Waals surface area contributed by atoms with Gasteiger partial charge in [0.15, 0.2) is 0 Å². The Morgan fingerprint density at radius 3 is 2.50 bits per heavy atom. The minimum atomic E-state index is -0.951. The van der Waals surface area contributed by atoms with Crippen LogP contribution in [0, 0.1) is 0 Å². The summed E-state index contributed by atoms with van der Waals surface area (Å²) in [4.78, 5) is 37.5. The molecule has 1 amide bonds. The van der Waals surface area contributed by atoms with Crippen LogP contribution in [-0.4, -0.2) is 40.0 Å². The zero-order valence-electron chi connectivity index (χ0n) is 15.5. The molecular weight excluding hydrogens is 360 g/mol. The highest BCUT2D eigenvalue weighted by Gasteiger charge is 2.26. The second-order valence-electron chi connectivity index (χ2n) is 6.31. The van der Waals surface area contributed by atoms with Gasteiger partial charge < -0.3 is 10.1 Å². The van der Waals surface area contributed by atoms with Crippen LogP contribution in [0.15, 0.2) is 59.4 Å². The number of carbonyl (C=O) groups excluding carboxylic acids is 2. The minimum absolute atomic E-state index is 0.268. The van der Waals surface area contributed by atoms with Crippen molar-refractivity contribution in [1.29, 1.82) is 0 Å². The third-order valence-corrected chi connectivity index (χ3v) is 4.42. The molecule has 0 bridgehead atoms. The summed E-state index contributed by atoms with van der Waals surface area (Å²) < 4.78 is 5.81. The summed E-state index contributed by atoms with van der Waals surface area (Å²) in [5.41, 5.74) is 0.896. The summed E-state index contributed by atoms with van der Waals surface area (Å²) in [6, 6.07) is 14.2. The molecule has 0 radical (unpaired) electrons. The van der Waals surface area contributed by atoms with E-state index < -0.39 is 29.5 Å². The maximum Gasteiger partial charge on any atom is 0.328 e. The van der Waals surface area contributed by atoms with E-state index in [1.807, 2.05) is 30.3 Å². The van der Waals surface area contributed by atoms with E-state index in [0.717, 1.165) is 10.2 Å². The Morgan fingerprint density at radius 1 is 1.11 bits per heavy atom. The van der Waals surface area contributed by atoms with Crippen molar-refractivity contribution in [3.8, 4) is 0 Å². The van der Waals surface area contributed by atoms with Gasteiger partial charge in [0.2, 0.25) is 5.91 Å². The van der Waals surface area contributed by atoms with E-state index in [0.29, 0.717) is 10.9 Å². The lowest BCUT2D eigenvalue weighted by Crippen LogP contribution is -2.47. The van der Waals surface area contributed by atoms with Gasteiger partial charge in [-0.1, -0.05) is 47.7 Å².